The molecule has 1 aliphatic heterocycles. The lowest BCUT2D eigenvalue weighted by Crippen LogP contribution is -2.47. The predicted molar refractivity (Wildman–Crippen MR) is 70.0 cm³/mol. The number of piperidine rings is 1. The van der Waals surface area contributed by atoms with Crippen LogP contribution in [0.1, 0.15) is 40.0 Å². The number of likely N-dealkylation sites (tertiary alicyclic amines) is 1. The van der Waals surface area contributed by atoms with Crippen molar-refractivity contribution in [2.75, 3.05) is 19.6 Å². The molecule has 15 heavy (non-hydrogen) atoms. The second kappa shape index (κ2) is 6.31. The van der Waals surface area contributed by atoms with E-state index < -0.39 is 0 Å². The van der Waals surface area contributed by atoms with Gasteiger partial charge in [-0.15, -0.1) is 0 Å². The normalized spacial score (nSPS) is 26.5. The summed E-state index contributed by atoms with van der Waals surface area (Å²) in [6.45, 7) is 10.1. The molecule has 0 bridgehead atoms. The van der Waals surface area contributed by atoms with Crippen molar-refractivity contribution in [3.63, 3.8) is 0 Å². The molecule has 0 aliphatic carbocycles. The van der Waals surface area contributed by atoms with Crippen molar-refractivity contribution in [2.45, 2.75) is 40.0 Å². The Bertz CT molecular complexity index is 206. The number of nitrogens with zero attached hydrogens (tertiary/aromatic N) is 1. The van der Waals surface area contributed by atoms with Crippen LogP contribution in [0.15, 0.2) is 0 Å². The number of thiocarbonyl (C=S) groups is 1. The van der Waals surface area contributed by atoms with Crippen LogP contribution in [0.25, 0.3) is 0 Å². The zero-order chi connectivity index (χ0) is 11.3. The molecule has 2 atom stereocenters. The predicted octanol–water partition coefficient (Wildman–Crippen LogP) is 2.64. The van der Waals surface area contributed by atoms with Crippen LogP contribution in [0.2, 0.25) is 0 Å². The Balaban J connectivity index is 2.28. The minimum atomic E-state index is 0.768. The maximum atomic E-state index is 5.39. The van der Waals surface area contributed by atoms with E-state index in [1.807, 2.05) is 0 Å². The molecule has 0 amide bonds. The molecule has 1 aliphatic rings. The number of hydrogen-bond acceptors (Lipinski definition) is 1. The average molecular weight is 228 g/mol. The molecule has 3 heteroatoms. The van der Waals surface area contributed by atoms with Crippen LogP contribution < -0.4 is 5.32 Å². The molecule has 2 nitrogen and oxygen atoms in total. The van der Waals surface area contributed by atoms with Crippen LogP contribution in [-0.4, -0.2) is 29.6 Å². The molecular weight excluding hydrogens is 204 g/mol. The first-order valence-electron chi connectivity index (χ1n) is 6.18. The van der Waals surface area contributed by atoms with Crippen molar-refractivity contribution in [1.82, 2.24) is 10.2 Å². The maximum Gasteiger partial charge on any atom is 0.168 e. The largest absolute Gasteiger partial charge is 0.363 e. The van der Waals surface area contributed by atoms with Crippen molar-refractivity contribution in [3.8, 4) is 0 Å². The van der Waals surface area contributed by atoms with Gasteiger partial charge in [0.05, 0.1) is 0 Å². The van der Waals surface area contributed by atoms with Gasteiger partial charge in [-0.05, 0) is 36.9 Å². The molecule has 0 spiro atoms. The van der Waals surface area contributed by atoms with Crippen molar-refractivity contribution >= 4 is 17.3 Å². The van der Waals surface area contributed by atoms with Gasteiger partial charge in [-0.2, -0.15) is 0 Å². The van der Waals surface area contributed by atoms with Gasteiger partial charge in [0.1, 0.15) is 0 Å². The number of nitrogens with one attached hydrogen (secondary N) is 1. The Morgan fingerprint density at radius 2 is 2.13 bits per heavy atom. The summed E-state index contributed by atoms with van der Waals surface area (Å²) in [4.78, 5) is 2.33. The van der Waals surface area contributed by atoms with Gasteiger partial charge in [-0.25, -0.2) is 0 Å². The molecule has 1 N–H and O–H groups in total. The third-order valence-electron chi connectivity index (χ3n) is 3.43. The van der Waals surface area contributed by atoms with Gasteiger partial charge in [-0.1, -0.05) is 27.2 Å². The molecule has 0 aromatic heterocycles. The van der Waals surface area contributed by atoms with E-state index in [0.717, 1.165) is 36.6 Å². The summed E-state index contributed by atoms with van der Waals surface area (Å²) >= 11 is 5.39. The summed E-state index contributed by atoms with van der Waals surface area (Å²) in [6, 6.07) is 0. The maximum absolute atomic E-state index is 5.39. The fourth-order valence-corrected chi connectivity index (χ4v) is 2.20. The molecule has 88 valence electrons. The van der Waals surface area contributed by atoms with Crippen LogP contribution >= 0.6 is 12.2 Å². The van der Waals surface area contributed by atoms with E-state index in [1.165, 1.54) is 19.3 Å². The van der Waals surface area contributed by atoms with E-state index in [1.54, 1.807) is 0 Å². The standard InChI is InChI=1S/C12H24N2S/c1-4-5-7-13-12(15)14-8-6-10(2)11(3)9-14/h10-11H,4-9H2,1-3H3,(H,13,15). The highest BCUT2D eigenvalue weighted by molar-refractivity contribution is 7.80. The lowest BCUT2D eigenvalue weighted by Gasteiger charge is -2.36. The first-order valence-corrected chi connectivity index (χ1v) is 6.58. The van der Waals surface area contributed by atoms with Gasteiger partial charge in [0, 0.05) is 19.6 Å². The zero-order valence-electron chi connectivity index (χ0n) is 10.3. The van der Waals surface area contributed by atoms with Gasteiger partial charge in [0.15, 0.2) is 5.11 Å². The Morgan fingerprint density at radius 1 is 1.40 bits per heavy atom. The molecular formula is C12H24N2S. The summed E-state index contributed by atoms with van der Waals surface area (Å²) in [5, 5.41) is 4.31. The molecule has 2 unspecified atom stereocenters. The molecule has 0 aromatic rings. The monoisotopic (exact) mass is 228 g/mol. The quantitative estimate of drug-likeness (QED) is 0.590. The van der Waals surface area contributed by atoms with E-state index in [0.29, 0.717) is 0 Å². The minimum Gasteiger partial charge on any atom is -0.363 e. The van der Waals surface area contributed by atoms with Crippen molar-refractivity contribution in [2.24, 2.45) is 11.8 Å². The fourth-order valence-electron chi connectivity index (χ4n) is 1.93. The summed E-state index contributed by atoms with van der Waals surface area (Å²) < 4.78 is 0. The van der Waals surface area contributed by atoms with E-state index in [4.69, 9.17) is 12.2 Å². The second-order valence-corrected chi connectivity index (χ2v) is 5.16. The molecule has 1 fully saturated rings. The summed E-state index contributed by atoms with van der Waals surface area (Å²) in [5.74, 6) is 1.62. The van der Waals surface area contributed by atoms with Crippen LogP contribution in [-0.2, 0) is 0 Å². The van der Waals surface area contributed by atoms with Crippen molar-refractivity contribution in [1.29, 1.82) is 0 Å². The second-order valence-electron chi connectivity index (χ2n) is 4.77. The highest BCUT2D eigenvalue weighted by Crippen LogP contribution is 2.22. The number of unbranched alkanes of at least 4 members (excludes halogenated alkanes) is 1. The highest BCUT2D eigenvalue weighted by Gasteiger charge is 2.23. The van der Waals surface area contributed by atoms with Gasteiger partial charge < -0.3 is 10.2 Å². The zero-order valence-corrected chi connectivity index (χ0v) is 11.1. The smallest absolute Gasteiger partial charge is 0.168 e. The molecule has 0 saturated carbocycles. The lowest BCUT2D eigenvalue weighted by atomic mass is 9.89. The Morgan fingerprint density at radius 3 is 2.73 bits per heavy atom. The lowest BCUT2D eigenvalue weighted by molar-refractivity contribution is 0.203. The summed E-state index contributed by atoms with van der Waals surface area (Å²) in [7, 11) is 0. The van der Waals surface area contributed by atoms with Crippen LogP contribution in [0.3, 0.4) is 0 Å². The molecule has 1 heterocycles. The fraction of sp³-hybridized carbons (Fsp3) is 0.917. The van der Waals surface area contributed by atoms with E-state index >= 15 is 0 Å². The number of hydrogen-bond donors (Lipinski definition) is 1. The van der Waals surface area contributed by atoms with Gasteiger partial charge in [-0.3, -0.25) is 0 Å². The van der Waals surface area contributed by atoms with Crippen molar-refractivity contribution < 1.29 is 0 Å². The van der Waals surface area contributed by atoms with Gasteiger partial charge in [0.25, 0.3) is 0 Å². The highest BCUT2D eigenvalue weighted by atomic mass is 32.1. The minimum absolute atomic E-state index is 0.768. The van der Waals surface area contributed by atoms with Crippen molar-refractivity contribution in [3.05, 3.63) is 0 Å². The molecule has 1 rings (SSSR count). The van der Waals surface area contributed by atoms with Crippen LogP contribution in [0.5, 0.6) is 0 Å². The first kappa shape index (κ1) is 12.8. The topological polar surface area (TPSA) is 15.3 Å². The van der Waals surface area contributed by atoms with E-state index in [2.05, 4.69) is 31.0 Å². The van der Waals surface area contributed by atoms with Crippen LogP contribution in [0.4, 0.5) is 0 Å². The summed E-state index contributed by atoms with van der Waals surface area (Å²) in [5.41, 5.74) is 0. The third kappa shape index (κ3) is 3.98. The third-order valence-corrected chi connectivity index (χ3v) is 3.83. The Hall–Kier alpha value is -0.310. The van der Waals surface area contributed by atoms with E-state index in [-0.39, 0.29) is 0 Å². The first-order chi connectivity index (χ1) is 7.15. The SMILES string of the molecule is CCCCNC(=S)N1CCC(C)C(C)C1. The Kier molecular flexibility index (Phi) is 5.37. The molecule has 0 radical (unpaired) electrons. The molecule has 0 aromatic carbocycles. The number of rotatable bonds is 3. The van der Waals surface area contributed by atoms with Gasteiger partial charge >= 0.3 is 0 Å². The summed E-state index contributed by atoms with van der Waals surface area (Å²) in [6.07, 6.45) is 3.71. The molecule has 1 saturated heterocycles. The Labute approximate surface area is 99.4 Å². The van der Waals surface area contributed by atoms with Gasteiger partial charge in [0.2, 0.25) is 0 Å². The average Bonchev–Trinajstić information content (AvgIpc) is 2.22. The van der Waals surface area contributed by atoms with E-state index in [9.17, 15) is 0 Å². The van der Waals surface area contributed by atoms with Crippen LogP contribution in [0, 0.1) is 11.8 Å².